The van der Waals surface area contributed by atoms with Gasteiger partial charge in [0.2, 0.25) is 5.91 Å². The molecular weight excluding hydrogens is 354 g/mol. The van der Waals surface area contributed by atoms with Gasteiger partial charge in [-0.15, -0.1) is 0 Å². The normalized spacial score (nSPS) is 15.2. The zero-order chi connectivity index (χ0) is 20.2. The zero-order valence-corrected chi connectivity index (χ0v) is 17.1. The molecule has 7 nitrogen and oxygen atoms in total. The van der Waals surface area contributed by atoms with Gasteiger partial charge in [-0.3, -0.25) is 9.69 Å². The number of guanidine groups is 1. The summed E-state index contributed by atoms with van der Waals surface area (Å²) < 4.78 is 5.70. The van der Waals surface area contributed by atoms with Crippen LogP contribution in [0.4, 0.5) is 0 Å². The molecule has 0 aliphatic carbocycles. The number of carbonyl (C=O) groups excluding carboxylic acids is 1. The van der Waals surface area contributed by atoms with Gasteiger partial charge < -0.3 is 20.3 Å². The summed E-state index contributed by atoms with van der Waals surface area (Å²) >= 11 is 0. The summed E-state index contributed by atoms with van der Waals surface area (Å²) in [6.07, 6.45) is 1.74. The number of benzene rings is 1. The van der Waals surface area contributed by atoms with Crippen LogP contribution in [0.5, 0.6) is 5.75 Å². The number of hydrogen-bond donors (Lipinski definition) is 2. The van der Waals surface area contributed by atoms with Gasteiger partial charge in [-0.25, -0.2) is 4.99 Å². The van der Waals surface area contributed by atoms with Crippen molar-refractivity contribution in [3.05, 3.63) is 42.5 Å². The Labute approximate surface area is 168 Å². The number of ether oxygens (including phenoxy) is 1. The summed E-state index contributed by atoms with van der Waals surface area (Å²) in [5.74, 6) is 1.80. The summed E-state index contributed by atoms with van der Waals surface area (Å²) in [5, 5.41) is 6.68. The second-order valence-electron chi connectivity index (χ2n) is 6.68. The van der Waals surface area contributed by atoms with Crippen LogP contribution in [0.1, 0.15) is 19.4 Å². The highest BCUT2D eigenvalue weighted by molar-refractivity contribution is 5.79. The van der Waals surface area contributed by atoms with Gasteiger partial charge in [0.1, 0.15) is 12.4 Å². The first kappa shape index (κ1) is 21.8. The van der Waals surface area contributed by atoms with Gasteiger partial charge in [0.15, 0.2) is 5.96 Å². The van der Waals surface area contributed by atoms with Crippen molar-refractivity contribution in [3.63, 3.8) is 0 Å². The minimum absolute atomic E-state index is 0.164. The second kappa shape index (κ2) is 12.0. The number of amides is 1. The highest BCUT2D eigenvalue weighted by Gasteiger charge is 2.17. The largest absolute Gasteiger partial charge is 0.489 e. The lowest BCUT2D eigenvalue weighted by Crippen LogP contribution is -2.50. The van der Waals surface area contributed by atoms with Crippen LogP contribution in [0.2, 0.25) is 0 Å². The molecule has 0 radical (unpaired) electrons. The third-order valence-corrected chi connectivity index (χ3v) is 4.62. The van der Waals surface area contributed by atoms with Crippen molar-refractivity contribution in [2.24, 2.45) is 4.99 Å². The lowest BCUT2D eigenvalue weighted by Gasteiger charge is -2.34. The summed E-state index contributed by atoms with van der Waals surface area (Å²) in [7, 11) is 0. The lowest BCUT2D eigenvalue weighted by molar-refractivity contribution is -0.130. The monoisotopic (exact) mass is 387 g/mol. The quantitative estimate of drug-likeness (QED) is 0.382. The Morgan fingerprint density at radius 1 is 1.25 bits per heavy atom. The van der Waals surface area contributed by atoms with E-state index in [0.717, 1.165) is 63.1 Å². The van der Waals surface area contributed by atoms with Gasteiger partial charge in [-0.05, 0) is 13.0 Å². The predicted octanol–water partition coefficient (Wildman–Crippen LogP) is 1.47. The maximum absolute atomic E-state index is 11.4. The molecule has 1 aliphatic heterocycles. The third kappa shape index (κ3) is 7.23. The van der Waals surface area contributed by atoms with E-state index in [2.05, 4.69) is 34.0 Å². The maximum Gasteiger partial charge on any atom is 0.219 e. The smallest absolute Gasteiger partial charge is 0.219 e. The molecule has 1 heterocycles. The Hall–Kier alpha value is -2.54. The fourth-order valence-electron chi connectivity index (χ4n) is 3.05. The van der Waals surface area contributed by atoms with Crippen molar-refractivity contribution in [1.29, 1.82) is 0 Å². The van der Waals surface area contributed by atoms with Crippen molar-refractivity contribution < 1.29 is 9.53 Å². The average molecular weight is 388 g/mol. The van der Waals surface area contributed by atoms with Crippen LogP contribution in [0, 0.1) is 0 Å². The molecule has 0 spiro atoms. The molecule has 2 N–H and O–H groups in total. The molecule has 0 aromatic heterocycles. The second-order valence-corrected chi connectivity index (χ2v) is 6.68. The fraction of sp³-hybridized carbons (Fsp3) is 0.524. The standard InChI is InChI=1S/C21H33N5O2/c1-4-16-28-20-9-7-6-8-19(20)17-24-21(22-5-2)23-10-11-25-12-14-26(15-13-25)18(3)27/h4,6-9H,1,5,10-17H2,2-3H3,(H2,22,23,24). The molecule has 1 aromatic carbocycles. The first-order chi connectivity index (χ1) is 13.6. The van der Waals surface area contributed by atoms with Crippen LogP contribution in [0.3, 0.4) is 0 Å². The van der Waals surface area contributed by atoms with Crippen molar-refractivity contribution in [2.45, 2.75) is 20.4 Å². The molecule has 0 unspecified atom stereocenters. The van der Waals surface area contributed by atoms with E-state index in [0.29, 0.717) is 13.2 Å². The number of rotatable bonds is 9. The van der Waals surface area contributed by atoms with E-state index in [1.54, 1.807) is 13.0 Å². The molecular formula is C21H33N5O2. The number of hydrogen-bond acceptors (Lipinski definition) is 4. The number of nitrogens with one attached hydrogen (secondary N) is 2. The number of aliphatic imine (C=N–C) groups is 1. The third-order valence-electron chi connectivity index (χ3n) is 4.62. The van der Waals surface area contributed by atoms with Crippen molar-refractivity contribution in [2.75, 3.05) is 52.4 Å². The van der Waals surface area contributed by atoms with Crippen molar-refractivity contribution in [3.8, 4) is 5.75 Å². The van der Waals surface area contributed by atoms with Crippen LogP contribution < -0.4 is 15.4 Å². The van der Waals surface area contributed by atoms with Crippen LogP contribution in [-0.4, -0.2) is 74.1 Å². The van der Waals surface area contributed by atoms with E-state index in [-0.39, 0.29) is 5.91 Å². The molecule has 1 aliphatic rings. The summed E-state index contributed by atoms with van der Waals surface area (Å²) in [4.78, 5) is 20.4. The molecule has 0 atom stereocenters. The first-order valence-electron chi connectivity index (χ1n) is 9.95. The van der Waals surface area contributed by atoms with Gasteiger partial charge >= 0.3 is 0 Å². The van der Waals surface area contributed by atoms with Crippen LogP contribution in [-0.2, 0) is 11.3 Å². The Morgan fingerprint density at radius 2 is 2.00 bits per heavy atom. The molecule has 7 heteroatoms. The minimum atomic E-state index is 0.164. The Bertz CT molecular complexity index is 654. The number of nitrogens with zero attached hydrogens (tertiary/aromatic N) is 3. The van der Waals surface area contributed by atoms with Gasteiger partial charge in [0.25, 0.3) is 0 Å². The Balaban J connectivity index is 1.83. The number of piperazine rings is 1. The molecule has 0 saturated carbocycles. The van der Waals surface area contributed by atoms with E-state index in [1.165, 1.54) is 0 Å². The van der Waals surface area contributed by atoms with E-state index in [9.17, 15) is 4.79 Å². The fourth-order valence-corrected chi connectivity index (χ4v) is 3.05. The first-order valence-corrected chi connectivity index (χ1v) is 9.95. The van der Waals surface area contributed by atoms with Gasteiger partial charge in [0, 0.05) is 58.3 Å². The van der Waals surface area contributed by atoms with E-state index < -0.39 is 0 Å². The van der Waals surface area contributed by atoms with Crippen LogP contribution >= 0.6 is 0 Å². The van der Waals surface area contributed by atoms with E-state index >= 15 is 0 Å². The molecule has 28 heavy (non-hydrogen) atoms. The summed E-state index contributed by atoms with van der Waals surface area (Å²) in [5.41, 5.74) is 1.04. The SMILES string of the molecule is C=CCOc1ccccc1CN=C(NCC)NCCN1CCN(C(C)=O)CC1. The van der Waals surface area contributed by atoms with Crippen LogP contribution in [0.15, 0.2) is 41.9 Å². The highest BCUT2D eigenvalue weighted by Crippen LogP contribution is 2.18. The number of para-hydroxylation sites is 1. The highest BCUT2D eigenvalue weighted by atomic mass is 16.5. The van der Waals surface area contributed by atoms with Crippen molar-refractivity contribution in [1.82, 2.24) is 20.4 Å². The number of carbonyl (C=O) groups is 1. The average Bonchev–Trinajstić information content (AvgIpc) is 2.71. The molecule has 1 amide bonds. The van der Waals surface area contributed by atoms with Gasteiger partial charge in [-0.2, -0.15) is 0 Å². The lowest BCUT2D eigenvalue weighted by atomic mass is 10.2. The van der Waals surface area contributed by atoms with E-state index in [1.807, 2.05) is 29.2 Å². The van der Waals surface area contributed by atoms with Crippen LogP contribution in [0.25, 0.3) is 0 Å². The molecule has 154 valence electrons. The molecule has 2 rings (SSSR count). The van der Waals surface area contributed by atoms with E-state index in [4.69, 9.17) is 4.74 Å². The predicted molar refractivity (Wildman–Crippen MR) is 114 cm³/mol. The maximum atomic E-state index is 11.4. The van der Waals surface area contributed by atoms with Gasteiger partial charge in [-0.1, -0.05) is 30.9 Å². The molecule has 1 saturated heterocycles. The summed E-state index contributed by atoms with van der Waals surface area (Å²) in [6, 6.07) is 7.93. The Kier molecular flexibility index (Phi) is 9.34. The van der Waals surface area contributed by atoms with Crippen molar-refractivity contribution >= 4 is 11.9 Å². The topological polar surface area (TPSA) is 69.2 Å². The Morgan fingerprint density at radius 3 is 2.68 bits per heavy atom. The minimum Gasteiger partial charge on any atom is -0.489 e. The summed E-state index contributed by atoms with van der Waals surface area (Å²) in [6.45, 7) is 14.4. The van der Waals surface area contributed by atoms with Gasteiger partial charge in [0.05, 0.1) is 6.54 Å². The molecule has 1 fully saturated rings. The zero-order valence-electron chi connectivity index (χ0n) is 17.1. The molecule has 1 aromatic rings. The molecule has 0 bridgehead atoms.